The summed E-state index contributed by atoms with van der Waals surface area (Å²) in [5.41, 5.74) is 3.29. The Morgan fingerprint density at radius 3 is 2.81 bits per heavy atom. The average molecular weight is 354 g/mol. The third-order valence-corrected chi connectivity index (χ3v) is 4.75. The van der Waals surface area contributed by atoms with Gasteiger partial charge in [-0.25, -0.2) is 0 Å². The molecule has 0 spiro atoms. The van der Waals surface area contributed by atoms with Gasteiger partial charge in [0.05, 0.1) is 7.11 Å². The van der Waals surface area contributed by atoms with Gasteiger partial charge >= 0.3 is 5.97 Å². The van der Waals surface area contributed by atoms with Crippen LogP contribution in [0.5, 0.6) is 5.75 Å². The zero-order chi connectivity index (χ0) is 18.6. The number of hydrogen-bond donors (Lipinski definition) is 0. The first kappa shape index (κ1) is 20.1. The van der Waals surface area contributed by atoms with E-state index in [1.54, 1.807) is 0 Å². The van der Waals surface area contributed by atoms with Crippen LogP contribution in [0, 0.1) is 11.8 Å². The van der Waals surface area contributed by atoms with Crippen molar-refractivity contribution in [2.24, 2.45) is 11.8 Å². The van der Waals surface area contributed by atoms with Crippen molar-refractivity contribution in [2.45, 2.75) is 51.9 Å². The summed E-state index contributed by atoms with van der Waals surface area (Å²) >= 11 is 0. The van der Waals surface area contributed by atoms with Gasteiger partial charge in [-0.15, -0.1) is 0 Å². The fourth-order valence-electron chi connectivity index (χ4n) is 3.36. The van der Waals surface area contributed by atoms with Crippen LogP contribution in [0.1, 0.15) is 51.9 Å². The van der Waals surface area contributed by atoms with Gasteiger partial charge in [-0.2, -0.15) is 0 Å². The second kappa shape index (κ2) is 11.4. The smallest absolute Gasteiger partial charge is 0.305 e. The molecular weight excluding hydrogens is 324 g/mol. The number of para-hydroxylation sites is 1. The molecule has 0 aliphatic heterocycles. The molecule has 0 bridgehead atoms. The quantitative estimate of drug-likeness (QED) is 0.242. The fourth-order valence-corrected chi connectivity index (χ4v) is 3.36. The molecule has 0 aromatic heterocycles. The SMILES string of the molecule is CCC=C[C@H]1CCC[C@@H]1CC(=C=CCCC(=O)OC)Oc1ccccc1. The maximum absolute atomic E-state index is 11.3. The van der Waals surface area contributed by atoms with Crippen molar-refractivity contribution in [3.63, 3.8) is 0 Å². The molecule has 0 radical (unpaired) electrons. The minimum absolute atomic E-state index is 0.200. The summed E-state index contributed by atoms with van der Waals surface area (Å²) in [5.74, 6) is 2.70. The summed E-state index contributed by atoms with van der Waals surface area (Å²) in [6.07, 6.45) is 13.2. The molecule has 140 valence electrons. The van der Waals surface area contributed by atoms with Gasteiger partial charge in [0.1, 0.15) is 11.5 Å². The summed E-state index contributed by atoms with van der Waals surface area (Å²) in [7, 11) is 1.41. The Labute approximate surface area is 157 Å². The van der Waals surface area contributed by atoms with Gasteiger partial charge in [-0.05, 0) is 55.7 Å². The maximum atomic E-state index is 11.3. The van der Waals surface area contributed by atoms with Crippen LogP contribution in [0.25, 0.3) is 0 Å². The number of carbonyl (C=O) groups is 1. The van der Waals surface area contributed by atoms with Crippen LogP contribution in [-0.4, -0.2) is 13.1 Å². The first-order valence-corrected chi connectivity index (χ1v) is 9.63. The molecule has 26 heavy (non-hydrogen) atoms. The van der Waals surface area contributed by atoms with Gasteiger partial charge in [0.2, 0.25) is 0 Å². The maximum Gasteiger partial charge on any atom is 0.305 e. The molecule has 2 atom stereocenters. The van der Waals surface area contributed by atoms with Crippen LogP contribution in [0.2, 0.25) is 0 Å². The number of ether oxygens (including phenoxy) is 2. The van der Waals surface area contributed by atoms with Crippen LogP contribution in [0.3, 0.4) is 0 Å². The molecule has 0 N–H and O–H groups in total. The molecule has 3 heteroatoms. The lowest BCUT2D eigenvalue weighted by Crippen LogP contribution is -2.09. The molecular formula is C23H30O3. The molecule has 1 aliphatic carbocycles. The van der Waals surface area contributed by atoms with Crippen molar-refractivity contribution in [1.29, 1.82) is 0 Å². The van der Waals surface area contributed by atoms with Crippen molar-refractivity contribution >= 4 is 5.97 Å². The van der Waals surface area contributed by atoms with Crippen molar-refractivity contribution in [3.05, 3.63) is 60.1 Å². The molecule has 0 amide bonds. The minimum atomic E-state index is -0.200. The highest BCUT2D eigenvalue weighted by Gasteiger charge is 2.26. The molecule has 1 aliphatic rings. The molecule has 2 rings (SSSR count). The molecule has 1 aromatic carbocycles. The number of esters is 1. The average Bonchev–Trinajstić information content (AvgIpc) is 3.10. The number of carbonyl (C=O) groups excluding carboxylic acids is 1. The fraction of sp³-hybridized carbons (Fsp3) is 0.478. The second-order valence-electron chi connectivity index (χ2n) is 6.70. The number of benzene rings is 1. The standard InChI is InChI=1S/C23H30O3/c1-3-4-11-19-12-10-13-20(19)18-22(16-8-9-17-23(24)25-2)26-21-14-6-5-7-15-21/h4-8,11,14-15,19-20H,3,9-10,12-13,17-18H2,1-2H3/t16?,19-,20+/m0/s1. The normalized spacial score (nSPS) is 19.2. The van der Waals surface area contributed by atoms with Crippen LogP contribution in [0.4, 0.5) is 0 Å². The number of allylic oxidation sites excluding steroid dienone is 3. The lowest BCUT2D eigenvalue weighted by molar-refractivity contribution is -0.140. The Morgan fingerprint density at radius 1 is 1.27 bits per heavy atom. The number of hydrogen-bond acceptors (Lipinski definition) is 3. The van der Waals surface area contributed by atoms with Crippen molar-refractivity contribution in [2.75, 3.05) is 7.11 Å². The van der Waals surface area contributed by atoms with Gasteiger partial charge in [0.15, 0.2) is 0 Å². The molecule has 0 heterocycles. The van der Waals surface area contributed by atoms with Gasteiger partial charge in [0.25, 0.3) is 0 Å². The summed E-state index contributed by atoms with van der Waals surface area (Å²) in [5, 5.41) is 0. The van der Waals surface area contributed by atoms with E-state index in [4.69, 9.17) is 4.74 Å². The predicted octanol–water partition coefficient (Wildman–Crippen LogP) is 5.83. The zero-order valence-electron chi connectivity index (χ0n) is 15.9. The van der Waals surface area contributed by atoms with Crippen molar-refractivity contribution in [1.82, 2.24) is 0 Å². The van der Waals surface area contributed by atoms with Crippen LogP contribution in [0.15, 0.2) is 60.1 Å². The molecule has 1 fully saturated rings. The van der Waals surface area contributed by atoms with E-state index in [-0.39, 0.29) is 5.97 Å². The number of methoxy groups -OCH3 is 1. The highest BCUT2D eigenvalue weighted by Crippen LogP contribution is 2.37. The van der Waals surface area contributed by atoms with Crippen molar-refractivity contribution < 1.29 is 14.3 Å². The summed E-state index contributed by atoms with van der Waals surface area (Å²) in [6, 6.07) is 9.83. The Bertz CT molecular complexity index is 639. The molecule has 0 unspecified atom stereocenters. The third-order valence-electron chi connectivity index (χ3n) is 4.75. The lowest BCUT2D eigenvalue weighted by atomic mass is 9.91. The van der Waals surface area contributed by atoms with E-state index >= 15 is 0 Å². The van der Waals surface area contributed by atoms with Crippen LogP contribution < -0.4 is 4.74 Å². The van der Waals surface area contributed by atoms with Gasteiger partial charge in [-0.1, -0.05) is 49.4 Å². The monoisotopic (exact) mass is 354 g/mol. The topological polar surface area (TPSA) is 35.5 Å². The first-order chi connectivity index (χ1) is 12.7. The highest BCUT2D eigenvalue weighted by atomic mass is 16.5. The minimum Gasteiger partial charge on any atom is -0.469 e. The van der Waals surface area contributed by atoms with E-state index in [2.05, 4.69) is 29.5 Å². The Hall–Kier alpha value is -2.25. The van der Waals surface area contributed by atoms with E-state index < -0.39 is 0 Å². The third kappa shape index (κ3) is 6.93. The van der Waals surface area contributed by atoms with Crippen LogP contribution in [-0.2, 0) is 9.53 Å². The molecule has 3 nitrogen and oxygen atoms in total. The van der Waals surface area contributed by atoms with E-state index in [0.717, 1.165) is 24.4 Å². The van der Waals surface area contributed by atoms with Gasteiger partial charge < -0.3 is 9.47 Å². The van der Waals surface area contributed by atoms with Crippen molar-refractivity contribution in [3.8, 4) is 5.75 Å². The lowest BCUT2D eigenvalue weighted by Gasteiger charge is -2.17. The van der Waals surface area contributed by atoms with Crippen LogP contribution >= 0.6 is 0 Å². The molecule has 1 saturated carbocycles. The largest absolute Gasteiger partial charge is 0.469 e. The zero-order valence-corrected chi connectivity index (χ0v) is 15.9. The van der Waals surface area contributed by atoms with E-state index in [1.165, 1.54) is 26.4 Å². The summed E-state index contributed by atoms with van der Waals surface area (Å²) < 4.78 is 10.8. The van der Waals surface area contributed by atoms with Gasteiger partial charge in [0, 0.05) is 12.8 Å². The predicted molar refractivity (Wildman–Crippen MR) is 105 cm³/mol. The Balaban J connectivity index is 2.07. The Morgan fingerprint density at radius 2 is 2.08 bits per heavy atom. The van der Waals surface area contributed by atoms with E-state index in [9.17, 15) is 4.79 Å². The Kier molecular flexibility index (Phi) is 8.78. The molecule has 1 aromatic rings. The summed E-state index contributed by atoms with van der Waals surface area (Å²) in [6.45, 7) is 2.17. The summed E-state index contributed by atoms with van der Waals surface area (Å²) in [4.78, 5) is 11.3. The van der Waals surface area contributed by atoms with E-state index in [1.807, 2.05) is 36.4 Å². The molecule has 0 saturated heterocycles. The highest BCUT2D eigenvalue weighted by molar-refractivity contribution is 5.69. The second-order valence-corrected chi connectivity index (χ2v) is 6.70. The van der Waals surface area contributed by atoms with Gasteiger partial charge in [-0.3, -0.25) is 4.79 Å². The first-order valence-electron chi connectivity index (χ1n) is 9.63. The number of rotatable bonds is 9. The van der Waals surface area contributed by atoms with E-state index in [0.29, 0.717) is 24.7 Å².